The number of pyridine rings is 1. The van der Waals surface area contributed by atoms with Gasteiger partial charge in [-0.25, -0.2) is 0 Å². The van der Waals surface area contributed by atoms with Crippen molar-refractivity contribution in [2.45, 2.75) is 0 Å². The Morgan fingerprint density at radius 3 is 2.13 bits per heavy atom. The minimum atomic E-state index is -0.0140. The third-order valence-corrected chi connectivity index (χ3v) is 2.09. The van der Waals surface area contributed by atoms with Gasteiger partial charge in [0.05, 0.1) is 11.6 Å². The molecule has 0 spiro atoms. The molecule has 0 aliphatic rings. The lowest BCUT2D eigenvalue weighted by Crippen LogP contribution is -2.01. The fourth-order valence-electron chi connectivity index (χ4n) is 1.29. The summed E-state index contributed by atoms with van der Waals surface area (Å²) >= 11 is 0. The Hall–Kier alpha value is -2.34. The normalized spacial score (nSPS) is 9.53. The number of rotatable bonds is 1. The van der Waals surface area contributed by atoms with E-state index < -0.39 is 0 Å². The highest BCUT2D eigenvalue weighted by Crippen LogP contribution is 2.07. The highest BCUT2D eigenvalue weighted by molar-refractivity contribution is 5.39. The maximum atomic E-state index is 10.9. The molecule has 2 rings (SSSR count). The average molecular weight is 196 g/mol. The first-order chi connectivity index (χ1) is 7.29. The van der Waals surface area contributed by atoms with Gasteiger partial charge in [-0.1, -0.05) is 0 Å². The molecule has 0 aliphatic heterocycles. The maximum absolute atomic E-state index is 10.9. The Morgan fingerprint density at radius 1 is 1.00 bits per heavy atom. The van der Waals surface area contributed by atoms with Crippen LogP contribution in [0.1, 0.15) is 5.56 Å². The van der Waals surface area contributed by atoms with Gasteiger partial charge in [0.25, 0.3) is 0 Å². The molecule has 3 nitrogen and oxygen atoms in total. The quantitative estimate of drug-likeness (QED) is 0.697. The van der Waals surface area contributed by atoms with Gasteiger partial charge in [0, 0.05) is 30.2 Å². The summed E-state index contributed by atoms with van der Waals surface area (Å²) in [6.07, 6.45) is 3.40. The van der Waals surface area contributed by atoms with Crippen molar-refractivity contribution in [1.82, 2.24) is 4.57 Å². The molecule has 2 aromatic rings. The van der Waals surface area contributed by atoms with Crippen LogP contribution < -0.4 is 5.43 Å². The largest absolute Gasteiger partial charge is 0.324 e. The van der Waals surface area contributed by atoms with Gasteiger partial charge in [0.2, 0.25) is 0 Å². The zero-order chi connectivity index (χ0) is 10.7. The van der Waals surface area contributed by atoms with E-state index >= 15 is 0 Å². The van der Waals surface area contributed by atoms with Crippen LogP contribution in [0.3, 0.4) is 0 Å². The third-order valence-electron chi connectivity index (χ3n) is 2.09. The van der Waals surface area contributed by atoms with Gasteiger partial charge in [-0.2, -0.15) is 5.26 Å². The molecule has 0 amide bonds. The number of nitriles is 1. The molecule has 15 heavy (non-hydrogen) atoms. The Kier molecular flexibility index (Phi) is 2.34. The summed E-state index contributed by atoms with van der Waals surface area (Å²) in [4.78, 5) is 10.9. The van der Waals surface area contributed by atoms with Gasteiger partial charge in [-0.3, -0.25) is 4.79 Å². The van der Waals surface area contributed by atoms with Gasteiger partial charge in [-0.15, -0.1) is 0 Å². The summed E-state index contributed by atoms with van der Waals surface area (Å²) in [5.41, 5.74) is 1.54. The van der Waals surface area contributed by atoms with Crippen LogP contribution in [0.15, 0.2) is 53.6 Å². The molecule has 0 atom stereocenters. The molecule has 1 heterocycles. The zero-order valence-corrected chi connectivity index (χ0v) is 7.92. The van der Waals surface area contributed by atoms with Crippen molar-refractivity contribution in [3.8, 4) is 11.8 Å². The molecule has 1 aromatic heterocycles. The first-order valence-corrected chi connectivity index (χ1v) is 4.48. The van der Waals surface area contributed by atoms with Crippen molar-refractivity contribution in [2.75, 3.05) is 0 Å². The van der Waals surface area contributed by atoms with Gasteiger partial charge in [0.1, 0.15) is 0 Å². The van der Waals surface area contributed by atoms with Crippen molar-refractivity contribution < 1.29 is 0 Å². The predicted molar refractivity (Wildman–Crippen MR) is 56.8 cm³/mol. The van der Waals surface area contributed by atoms with Crippen molar-refractivity contribution in [1.29, 1.82) is 5.26 Å². The Labute approximate surface area is 86.8 Å². The van der Waals surface area contributed by atoms with Crippen LogP contribution >= 0.6 is 0 Å². The average Bonchev–Trinajstić information content (AvgIpc) is 2.30. The first kappa shape index (κ1) is 9.22. The third kappa shape index (κ3) is 1.94. The minimum absolute atomic E-state index is 0.0140. The first-order valence-electron chi connectivity index (χ1n) is 4.48. The van der Waals surface area contributed by atoms with E-state index in [1.54, 1.807) is 24.5 Å². The van der Waals surface area contributed by atoms with E-state index in [0.29, 0.717) is 5.56 Å². The summed E-state index contributed by atoms with van der Waals surface area (Å²) in [5.74, 6) is 0. The molecule has 0 bridgehead atoms. The second-order valence-electron chi connectivity index (χ2n) is 3.10. The number of hydrogen-bond donors (Lipinski definition) is 0. The summed E-state index contributed by atoms with van der Waals surface area (Å²) in [6.45, 7) is 0. The van der Waals surface area contributed by atoms with Crippen LogP contribution in [0, 0.1) is 11.3 Å². The number of benzene rings is 1. The standard InChI is InChI=1S/C12H8N2O/c13-9-10-1-3-11(4-2-10)14-7-5-12(15)6-8-14/h1-8H. The Bertz CT molecular complexity index is 541. The smallest absolute Gasteiger partial charge is 0.181 e. The molecule has 72 valence electrons. The summed E-state index contributed by atoms with van der Waals surface area (Å²) < 4.78 is 1.82. The maximum Gasteiger partial charge on any atom is 0.181 e. The molecule has 0 radical (unpaired) electrons. The van der Waals surface area contributed by atoms with Crippen molar-refractivity contribution in [3.05, 3.63) is 64.6 Å². The van der Waals surface area contributed by atoms with Gasteiger partial charge in [0.15, 0.2) is 5.43 Å². The van der Waals surface area contributed by atoms with Crippen LogP contribution in [0.25, 0.3) is 5.69 Å². The van der Waals surface area contributed by atoms with Crippen molar-refractivity contribution in [3.63, 3.8) is 0 Å². The van der Waals surface area contributed by atoms with Crippen molar-refractivity contribution in [2.24, 2.45) is 0 Å². The highest BCUT2D eigenvalue weighted by atomic mass is 16.1. The van der Waals surface area contributed by atoms with E-state index in [-0.39, 0.29) is 5.43 Å². The van der Waals surface area contributed by atoms with Crippen LogP contribution in [0.5, 0.6) is 0 Å². The molecular formula is C12H8N2O. The molecule has 0 N–H and O–H groups in total. The topological polar surface area (TPSA) is 45.8 Å². The zero-order valence-electron chi connectivity index (χ0n) is 7.92. The molecule has 0 aliphatic carbocycles. The van der Waals surface area contributed by atoms with E-state index in [4.69, 9.17) is 5.26 Å². The summed E-state index contributed by atoms with van der Waals surface area (Å²) in [7, 11) is 0. The van der Waals surface area contributed by atoms with E-state index in [1.165, 1.54) is 12.1 Å². The molecule has 0 unspecified atom stereocenters. The Balaban J connectivity index is 2.42. The van der Waals surface area contributed by atoms with Gasteiger partial charge >= 0.3 is 0 Å². The molecule has 3 heteroatoms. The lowest BCUT2D eigenvalue weighted by Gasteiger charge is -2.04. The minimum Gasteiger partial charge on any atom is -0.324 e. The van der Waals surface area contributed by atoms with Crippen LogP contribution in [-0.4, -0.2) is 4.57 Å². The fourth-order valence-corrected chi connectivity index (χ4v) is 1.29. The van der Waals surface area contributed by atoms with E-state index in [2.05, 4.69) is 6.07 Å². The number of aromatic nitrogens is 1. The molecule has 0 saturated carbocycles. The molecule has 0 fully saturated rings. The predicted octanol–water partition coefficient (Wildman–Crippen LogP) is 1.71. The van der Waals surface area contributed by atoms with E-state index in [0.717, 1.165) is 5.69 Å². The van der Waals surface area contributed by atoms with E-state index in [1.807, 2.05) is 16.7 Å². The monoisotopic (exact) mass is 196 g/mol. The molecule has 1 aromatic carbocycles. The second kappa shape index (κ2) is 3.81. The highest BCUT2D eigenvalue weighted by Gasteiger charge is 1.94. The number of nitrogens with zero attached hydrogens (tertiary/aromatic N) is 2. The van der Waals surface area contributed by atoms with Crippen LogP contribution in [-0.2, 0) is 0 Å². The SMILES string of the molecule is N#Cc1ccc(-n2ccc(=O)cc2)cc1. The van der Waals surface area contributed by atoms with Crippen LogP contribution in [0.2, 0.25) is 0 Å². The van der Waals surface area contributed by atoms with Crippen LogP contribution in [0.4, 0.5) is 0 Å². The second-order valence-corrected chi connectivity index (χ2v) is 3.10. The fraction of sp³-hybridized carbons (Fsp3) is 0. The van der Waals surface area contributed by atoms with E-state index in [9.17, 15) is 4.79 Å². The van der Waals surface area contributed by atoms with Gasteiger partial charge in [-0.05, 0) is 24.3 Å². The Morgan fingerprint density at radius 2 is 1.60 bits per heavy atom. The lowest BCUT2D eigenvalue weighted by atomic mass is 10.2. The summed E-state index contributed by atoms with van der Waals surface area (Å²) in [5, 5.41) is 8.64. The number of hydrogen-bond acceptors (Lipinski definition) is 2. The molecule has 0 saturated heterocycles. The lowest BCUT2D eigenvalue weighted by molar-refractivity contribution is 1.04. The van der Waals surface area contributed by atoms with Gasteiger partial charge < -0.3 is 4.57 Å². The summed E-state index contributed by atoms with van der Waals surface area (Å²) in [6, 6.07) is 12.2. The molecular weight excluding hydrogens is 188 g/mol. The van der Waals surface area contributed by atoms with Crippen molar-refractivity contribution >= 4 is 0 Å².